The van der Waals surface area contributed by atoms with Crippen LogP contribution in [0.1, 0.15) is 56.9 Å². The van der Waals surface area contributed by atoms with Crippen molar-refractivity contribution in [1.29, 1.82) is 0 Å². The van der Waals surface area contributed by atoms with Crippen LogP contribution in [-0.2, 0) is 14.3 Å². The third-order valence-corrected chi connectivity index (χ3v) is 9.31. The molecule has 1 aliphatic carbocycles. The van der Waals surface area contributed by atoms with Crippen molar-refractivity contribution in [1.82, 2.24) is 9.88 Å². The minimum Gasteiger partial charge on any atom is -0.389 e. The van der Waals surface area contributed by atoms with E-state index < -0.39 is 6.10 Å². The number of anilines is 1. The Bertz CT molecular complexity index is 1130. The number of hydrogen-bond acceptors (Lipinski definition) is 6. The fourth-order valence-corrected chi connectivity index (χ4v) is 6.71. The van der Waals surface area contributed by atoms with Gasteiger partial charge in [0, 0.05) is 16.6 Å². The summed E-state index contributed by atoms with van der Waals surface area (Å²) in [6, 6.07) is 6.09. The summed E-state index contributed by atoms with van der Waals surface area (Å²) >= 11 is 6.72. The van der Waals surface area contributed by atoms with Crippen LogP contribution in [0.3, 0.4) is 0 Å². The maximum absolute atomic E-state index is 12.9. The lowest BCUT2D eigenvalue weighted by Crippen LogP contribution is -2.56. The third-order valence-electron chi connectivity index (χ3n) is 8.98. The molecular weight excluding hydrogens is 466 g/mol. The second-order valence-corrected chi connectivity index (χ2v) is 11.6. The van der Waals surface area contributed by atoms with Gasteiger partial charge in [-0.25, -0.2) is 4.98 Å². The lowest BCUT2D eigenvalue weighted by atomic mass is 9.76. The van der Waals surface area contributed by atoms with E-state index in [1.54, 1.807) is 6.20 Å². The van der Waals surface area contributed by atoms with Crippen molar-refractivity contribution in [2.24, 2.45) is 5.92 Å². The molecule has 2 N–H and O–H groups in total. The molecule has 4 fully saturated rings. The number of amides is 1. The number of benzene rings is 1. The summed E-state index contributed by atoms with van der Waals surface area (Å²) in [6.45, 7) is 5.39. The maximum atomic E-state index is 12.9. The van der Waals surface area contributed by atoms with Crippen LogP contribution in [0, 0.1) is 5.92 Å². The molecule has 35 heavy (non-hydrogen) atoms. The predicted molar refractivity (Wildman–Crippen MR) is 135 cm³/mol. The Morgan fingerprint density at radius 2 is 2.00 bits per heavy atom. The molecule has 3 saturated heterocycles. The molecule has 0 radical (unpaired) electrons. The normalized spacial score (nSPS) is 31.2. The number of rotatable bonds is 4. The van der Waals surface area contributed by atoms with E-state index in [1.807, 2.05) is 12.1 Å². The highest BCUT2D eigenvalue weighted by Gasteiger charge is 2.47. The molecule has 4 aliphatic rings. The van der Waals surface area contributed by atoms with Gasteiger partial charge in [0.25, 0.3) is 0 Å². The summed E-state index contributed by atoms with van der Waals surface area (Å²) in [4.78, 5) is 19.7. The third kappa shape index (κ3) is 4.25. The van der Waals surface area contributed by atoms with E-state index >= 15 is 0 Å². The fourth-order valence-electron chi connectivity index (χ4n) is 6.38. The largest absolute Gasteiger partial charge is 0.389 e. The van der Waals surface area contributed by atoms with Crippen LogP contribution in [-0.4, -0.2) is 71.1 Å². The Labute approximate surface area is 211 Å². The number of carbonyl (C=O) groups is 1. The molecule has 7 nitrogen and oxygen atoms in total. The number of ether oxygens (including phenoxy) is 2. The van der Waals surface area contributed by atoms with Gasteiger partial charge in [-0.1, -0.05) is 11.6 Å². The number of aromatic nitrogens is 1. The zero-order chi connectivity index (χ0) is 24.2. The zero-order valence-electron chi connectivity index (χ0n) is 20.3. The number of nitrogens with one attached hydrogen (secondary N) is 1. The molecule has 3 aliphatic heterocycles. The lowest BCUT2D eigenvalue weighted by Gasteiger charge is -2.43. The number of hydrogen-bond donors (Lipinski definition) is 2. The minimum absolute atomic E-state index is 0.00578. The number of pyridine rings is 1. The first-order valence-corrected chi connectivity index (χ1v) is 13.3. The van der Waals surface area contributed by atoms with Crippen molar-refractivity contribution >= 4 is 34.1 Å². The van der Waals surface area contributed by atoms with Crippen LogP contribution < -0.4 is 5.32 Å². The molecule has 0 unspecified atom stereocenters. The minimum atomic E-state index is -0.445. The molecule has 1 aromatic heterocycles. The summed E-state index contributed by atoms with van der Waals surface area (Å²) in [5.74, 6) is 0.813. The first kappa shape index (κ1) is 23.6. The van der Waals surface area contributed by atoms with E-state index in [0.29, 0.717) is 31.6 Å². The number of fused-ring (bicyclic) bond motifs is 1. The Morgan fingerprint density at radius 1 is 1.20 bits per heavy atom. The first-order valence-electron chi connectivity index (χ1n) is 12.9. The highest BCUT2D eigenvalue weighted by molar-refractivity contribution is 6.32. The summed E-state index contributed by atoms with van der Waals surface area (Å²) < 4.78 is 11.5. The Kier molecular flexibility index (Phi) is 6.05. The van der Waals surface area contributed by atoms with Gasteiger partial charge in [0.1, 0.15) is 5.82 Å². The standard InChI is InChI=1S/C27H34ClN3O4/c1-26(16-34-15-23(26)32)31-7-3-17(4-8-31)21-9-18-11-24(29-13-19(18)10-22(21)28)30-25(33)20-12-27(35-14-20)5-2-6-27/h9-11,13,17,20,23,32H,2-8,12,14-16H2,1H3,(H,29,30,33)/t20-,23-,26+/m1/s1. The zero-order valence-corrected chi connectivity index (χ0v) is 21.0. The van der Waals surface area contributed by atoms with Crippen LogP contribution in [0.5, 0.6) is 0 Å². The van der Waals surface area contributed by atoms with E-state index in [0.717, 1.165) is 66.6 Å². The Hall–Kier alpha value is -1.77. The number of aliphatic hydroxyl groups is 1. The Morgan fingerprint density at radius 3 is 2.66 bits per heavy atom. The number of piperidine rings is 1. The van der Waals surface area contributed by atoms with Crippen molar-refractivity contribution in [3.8, 4) is 0 Å². The van der Waals surface area contributed by atoms with Gasteiger partial charge in [-0.2, -0.15) is 0 Å². The van der Waals surface area contributed by atoms with Crippen LogP contribution in [0.15, 0.2) is 24.4 Å². The molecule has 2 aromatic rings. The summed E-state index contributed by atoms with van der Waals surface area (Å²) in [7, 11) is 0. The smallest absolute Gasteiger partial charge is 0.231 e. The summed E-state index contributed by atoms with van der Waals surface area (Å²) in [6.07, 6.45) is 7.44. The molecule has 1 saturated carbocycles. The monoisotopic (exact) mass is 499 g/mol. The van der Waals surface area contributed by atoms with Gasteiger partial charge in [-0.15, -0.1) is 0 Å². The molecule has 4 heterocycles. The molecule has 188 valence electrons. The van der Waals surface area contributed by atoms with Gasteiger partial charge in [-0.05, 0) is 93.6 Å². The second-order valence-electron chi connectivity index (χ2n) is 11.2. The Balaban J connectivity index is 1.15. The van der Waals surface area contributed by atoms with Crippen LogP contribution in [0.4, 0.5) is 5.82 Å². The maximum Gasteiger partial charge on any atom is 0.231 e. The van der Waals surface area contributed by atoms with Gasteiger partial charge < -0.3 is 19.9 Å². The molecule has 0 bridgehead atoms. The lowest BCUT2D eigenvalue weighted by molar-refractivity contribution is -0.119. The van der Waals surface area contributed by atoms with Crippen molar-refractivity contribution in [2.75, 3.05) is 38.2 Å². The van der Waals surface area contributed by atoms with Gasteiger partial charge in [0.05, 0.1) is 43.0 Å². The van der Waals surface area contributed by atoms with Gasteiger partial charge in [-0.3, -0.25) is 9.69 Å². The van der Waals surface area contributed by atoms with Gasteiger partial charge in [0.2, 0.25) is 5.91 Å². The summed E-state index contributed by atoms with van der Waals surface area (Å²) in [5.41, 5.74) is 0.798. The number of likely N-dealkylation sites (tertiary alicyclic amines) is 1. The average molecular weight is 500 g/mol. The van der Waals surface area contributed by atoms with E-state index in [4.69, 9.17) is 21.1 Å². The van der Waals surface area contributed by atoms with Gasteiger partial charge in [0.15, 0.2) is 0 Å². The van der Waals surface area contributed by atoms with E-state index in [1.165, 1.54) is 6.42 Å². The molecule has 1 amide bonds. The molecule has 8 heteroatoms. The first-order chi connectivity index (χ1) is 16.9. The number of carbonyl (C=O) groups excluding carboxylic acids is 1. The predicted octanol–water partition coefficient (Wildman–Crippen LogP) is 4.12. The molecule has 3 atom stereocenters. The van der Waals surface area contributed by atoms with E-state index in [2.05, 4.69) is 28.2 Å². The number of halogens is 1. The van der Waals surface area contributed by atoms with Crippen LogP contribution >= 0.6 is 11.6 Å². The topological polar surface area (TPSA) is 83.9 Å². The van der Waals surface area contributed by atoms with Crippen LogP contribution in [0.2, 0.25) is 5.02 Å². The van der Waals surface area contributed by atoms with Crippen molar-refractivity contribution in [3.05, 3.63) is 35.0 Å². The van der Waals surface area contributed by atoms with Crippen molar-refractivity contribution in [2.45, 2.75) is 68.6 Å². The molecule has 1 aromatic carbocycles. The second kappa shape index (κ2) is 8.96. The van der Waals surface area contributed by atoms with Gasteiger partial charge >= 0.3 is 0 Å². The molecule has 6 rings (SSSR count). The highest BCUT2D eigenvalue weighted by atomic mass is 35.5. The number of nitrogens with zero attached hydrogens (tertiary/aromatic N) is 2. The van der Waals surface area contributed by atoms with Crippen molar-refractivity contribution < 1.29 is 19.4 Å². The molecular formula is C27H34ClN3O4. The summed E-state index contributed by atoms with van der Waals surface area (Å²) in [5, 5.41) is 16.2. The van der Waals surface area contributed by atoms with E-state index in [9.17, 15) is 9.90 Å². The highest BCUT2D eigenvalue weighted by Crippen LogP contribution is 2.45. The SMILES string of the molecule is C[C@]1(N2CCC(c3cc4cc(NC(=O)[C@H]5COC6(CCC6)C5)ncc4cc3Cl)CC2)COC[C@H]1O. The average Bonchev–Trinajstić information content (AvgIpc) is 3.44. The quantitative estimate of drug-likeness (QED) is 0.658. The molecule has 1 spiro atoms. The van der Waals surface area contributed by atoms with Crippen molar-refractivity contribution in [3.63, 3.8) is 0 Å². The van der Waals surface area contributed by atoms with E-state index in [-0.39, 0.29) is 23.0 Å². The fraction of sp³-hybridized carbons (Fsp3) is 0.630. The van der Waals surface area contributed by atoms with Crippen LogP contribution in [0.25, 0.3) is 10.8 Å². The number of aliphatic hydroxyl groups excluding tert-OH is 1.